The van der Waals surface area contributed by atoms with Crippen LogP contribution >= 0.6 is 0 Å². The number of hydrogen-bond acceptors (Lipinski definition) is 2. The van der Waals surface area contributed by atoms with Crippen LogP contribution < -0.4 is 10.5 Å². The summed E-state index contributed by atoms with van der Waals surface area (Å²) in [4.78, 5) is 0. The van der Waals surface area contributed by atoms with E-state index in [2.05, 4.69) is 36.4 Å². The lowest BCUT2D eigenvalue weighted by molar-refractivity contribution is 0.419. The molecule has 0 atom stereocenters. The molecule has 94 valence electrons. The van der Waals surface area contributed by atoms with Crippen molar-refractivity contribution in [3.63, 3.8) is 0 Å². The van der Waals surface area contributed by atoms with E-state index >= 15 is 0 Å². The molecule has 0 unspecified atom stereocenters. The number of hydrogen-bond donors (Lipinski definition) is 1. The first-order chi connectivity index (χ1) is 8.80. The SMILES string of the molecule is COc1ccc(C2(CCN)CC2)c2ccccc12. The topological polar surface area (TPSA) is 35.2 Å². The molecule has 0 amide bonds. The van der Waals surface area contributed by atoms with Crippen LogP contribution in [0.25, 0.3) is 10.8 Å². The summed E-state index contributed by atoms with van der Waals surface area (Å²) in [6.45, 7) is 0.764. The van der Waals surface area contributed by atoms with Gasteiger partial charge in [0.2, 0.25) is 0 Å². The van der Waals surface area contributed by atoms with Crippen LogP contribution in [0.2, 0.25) is 0 Å². The number of nitrogens with two attached hydrogens (primary N) is 1. The highest BCUT2D eigenvalue weighted by molar-refractivity contribution is 5.92. The molecule has 0 bridgehead atoms. The highest BCUT2D eigenvalue weighted by Crippen LogP contribution is 2.53. The van der Waals surface area contributed by atoms with E-state index in [9.17, 15) is 0 Å². The Balaban J connectivity index is 2.19. The van der Waals surface area contributed by atoms with Gasteiger partial charge in [0.15, 0.2) is 0 Å². The van der Waals surface area contributed by atoms with Gasteiger partial charge >= 0.3 is 0 Å². The Kier molecular flexibility index (Phi) is 2.75. The van der Waals surface area contributed by atoms with Crippen LogP contribution in [0.15, 0.2) is 36.4 Å². The van der Waals surface area contributed by atoms with Crippen molar-refractivity contribution in [2.75, 3.05) is 13.7 Å². The summed E-state index contributed by atoms with van der Waals surface area (Å²) >= 11 is 0. The molecule has 0 saturated heterocycles. The minimum absolute atomic E-state index is 0.334. The summed E-state index contributed by atoms with van der Waals surface area (Å²) < 4.78 is 5.45. The average molecular weight is 241 g/mol. The van der Waals surface area contributed by atoms with Crippen LogP contribution in [0, 0.1) is 0 Å². The van der Waals surface area contributed by atoms with E-state index in [1.807, 2.05) is 0 Å². The predicted octanol–water partition coefficient (Wildman–Crippen LogP) is 3.23. The van der Waals surface area contributed by atoms with Crippen molar-refractivity contribution < 1.29 is 4.74 Å². The Bertz CT molecular complexity index is 572. The maximum Gasteiger partial charge on any atom is 0.126 e. The van der Waals surface area contributed by atoms with Gasteiger partial charge in [-0.15, -0.1) is 0 Å². The van der Waals surface area contributed by atoms with Crippen LogP contribution in [-0.4, -0.2) is 13.7 Å². The van der Waals surface area contributed by atoms with E-state index in [0.29, 0.717) is 5.41 Å². The minimum Gasteiger partial charge on any atom is -0.496 e. The third kappa shape index (κ3) is 1.68. The lowest BCUT2D eigenvalue weighted by Gasteiger charge is -2.18. The second-order valence-corrected chi connectivity index (χ2v) is 5.18. The standard InChI is InChI=1S/C16H19NO/c1-18-15-7-6-14(16(8-9-16)10-11-17)12-4-2-3-5-13(12)15/h2-7H,8-11,17H2,1H3. The Morgan fingerprint density at radius 3 is 2.44 bits per heavy atom. The molecule has 2 heteroatoms. The third-order valence-corrected chi connectivity index (χ3v) is 4.15. The quantitative estimate of drug-likeness (QED) is 0.892. The molecule has 2 N–H and O–H groups in total. The Labute approximate surface area is 108 Å². The summed E-state index contributed by atoms with van der Waals surface area (Å²) in [6, 6.07) is 12.8. The van der Waals surface area contributed by atoms with Crippen molar-refractivity contribution in [3.05, 3.63) is 42.0 Å². The number of fused-ring (bicyclic) bond motifs is 1. The molecule has 0 aromatic heterocycles. The van der Waals surface area contributed by atoms with Crippen LogP contribution in [0.3, 0.4) is 0 Å². The van der Waals surface area contributed by atoms with Crippen molar-refractivity contribution in [2.45, 2.75) is 24.7 Å². The Hall–Kier alpha value is -1.54. The van der Waals surface area contributed by atoms with Crippen LogP contribution in [0.5, 0.6) is 5.75 Å². The number of benzene rings is 2. The van der Waals surface area contributed by atoms with Gasteiger partial charge in [-0.1, -0.05) is 30.3 Å². The van der Waals surface area contributed by atoms with Gasteiger partial charge in [-0.3, -0.25) is 0 Å². The predicted molar refractivity (Wildman–Crippen MR) is 75.1 cm³/mol. The molecule has 1 saturated carbocycles. The molecule has 2 nitrogen and oxygen atoms in total. The highest BCUT2D eigenvalue weighted by Gasteiger charge is 2.44. The second kappa shape index (κ2) is 4.29. The summed E-state index contributed by atoms with van der Waals surface area (Å²) in [6.07, 6.45) is 3.62. The van der Waals surface area contributed by atoms with Crippen molar-refractivity contribution in [2.24, 2.45) is 5.73 Å². The van der Waals surface area contributed by atoms with Gasteiger partial charge in [-0.25, -0.2) is 0 Å². The van der Waals surface area contributed by atoms with E-state index in [4.69, 9.17) is 10.5 Å². The maximum atomic E-state index is 5.77. The van der Waals surface area contributed by atoms with Crippen molar-refractivity contribution >= 4 is 10.8 Å². The molecule has 0 heterocycles. The molecule has 1 aliphatic carbocycles. The van der Waals surface area contributed by atoms with E-state index in [0.717, 1.165) is 18.7 Å². The first kappa shape index (κ1) is 11.5. The molecule has 18 heavy (non-hydrogen) atoms. The highest BCUT2D eigenvalue weighted by atomic mass is 16.5. The maximum absolute atomic E-state index is 5.77. The molecule has 0 aliphatic heterocycles. The van der Waals surface area contributed by atoms with Crippen molar-refractivity contribution in [1.82, 2.24) is 0 Å². The van der Waals surface area contributed by atoms with Crippen LogP contribution in [0.4, 0.5) is 0 Å². The Morgan fingerprint density at radius 1 is 1.11 bits per heavy atom. The summed E-state index contributed by atoms with van der Waals surface area (Å²) in [5.74, 6) is 0.956. The fourth-order valence-corrected chi connectivity index (χ4v) is 2.99. The number of methoxy groups -OCH3 is 1. The molecule has 2 aromatic carbocycles. The molecule has 2 aromatic rings. The molecule has 0 radical (unpaired) electrons. The van der Waals surface area contributed by atoms with Crippen molar-refractivity contribution in [1.29, 1.82) is 0 Å². The van der Waals surface area contributed by atoms with Gasteiger partial charge in [-0.2, -0.15) is 0 Å². The lowest BCUT2D eigenvalue weighted by atomic mass is 9.88. The fraction of sp³-hybridized carbons (Fsp3) is 0.375. The van der Waals surface area contributed by atoms with Crippen molar-refractivity contribution in [3.8, 4) is 5.75 Å². The minimum atomic E-state index is 0.334. The summed E-state index contributed by atoms with van der Waals surface area (Å²) in [7, 11) is 1.73. The monoisotopic (exact) mass is 241 g/mol. The van der Waals surface area contributed by atoms with Crippen LogP contribution in [0.1, 0.15) is 24.8 Å². The number of ether oxygens (including phenoxy) is 1. The molecule has 1 aliphatic rings. The smallest absolute Gasteiger partial charge is 0.126 e. The number of rotatable bonds is 4. The Morgan fingerprint density at radius 2 is 1.83 bits per heavy atom. The van der Waals surface area contributed by atoms with E-state index in [1.54, 1.807) is 7.11 Å². The van der Waals surface area contributed by atoms with Gasteiger partial charge in [0.05, 0.1) is 7.11 Å². The lowest BCUT2D eigenvalue weighted by Crippen LogP contribution is -2.13. The second-order valence-electron chi connectivity index (χ2n) is 5.18. The van der Waals surface area contributed by atoms with E-state index in [1.165, 1.54) is 29.2 Å². The van der Waals surface area contributed by atoms with Gasteiger partial charge in [-0.05, 0) is 48.2 Å². The molecular weight excluding hydrogens is 222 g/mol. The normalized spacial score (nSPS) is 16.8. The van der Waals surface area contributed by atoms with Gasteiger partial charge < -0.3 is 10.5 Å². The molecular formula is C16H19NO. The first-order valence-electron chi connectivity index (χ1n) is 6.57. The van der Waals surface area contributed by atoms with E-state index < -0.39 is 0 Å². The summed E-state index contributed by atoms with van der Waals surface area (Å²) in [5, 5.41) is 2.53. The third-order valence-electron chi connectivity index (χ3n) is 4.15. The average Bonchev–Trinajstić information content (AvgIpc) is 3.18. The molecule has 3 rings (SSSR count). The first-order valence-corrected chi connectivity index (χ1v) is 6.57. The molecule has 1 fully saturated rings. The fourth-order valence-electron chi connectivity index (χ4n) is 2.99. The van der Waals surface area contributed by atoms with Crippen LogP contribution in [-0.2, 0) is 5.41 Å². The zero-order chi connectivity index (χ0) is 12.6. The molecule has 0 spiro atoms. The largest absolute Gasteiger partial charge is 0.496 e. The van der Waals surface area contributed by atoms with Gasteiger partial charge in [0.1, 0.15) is 5.75 Å². The van der Waals surface area contributed by atoms with Gasteiger partial charge in [0.25, 0.3) is 0 Å². The summed E-state index contributed by atoms with van der Waals surface area (Å²) in [5.41, 5.74) is 7.55. The van der Waals surface area contributed by atoms with E-state index in [-0.39, 0.29) is 0 Å². The zero-order valence-electron chi connectivity index (χ0n) is 10.8. The van der Waals surface area contributed by atoms with Gasteiger partial charge in [0, 0.05) is 5.39 Å². The zero-order valence-corrected chi connectivity index (χ0v) is 10.8.